The summed E-state index contributed by atoms with van der Waals surface area (Å²) in [5, 5.41) is 0. The molecule has 1 aromatic carbocycles. The van der Waals surface area contributed by atoms with E-state index in [9.17, 15) is 18.0 Å². The van der Waals surface area contributed by atoms with Crippen LogP contribution in [0.3, 0.4) is 0 Å². The molecule has 0 atom stereocenters. The topological polar surface area (TPSA) is 60.7 Å². The van der Waals surface area contributed by atoms with E-state index in [2.05, 4.69) is 15.0 Å². The SMILES string of the molecule is Cc1nc2c(-c3cc(F)c(F)cc3F)ncnc2c(=O)n1C. The summed E-state index contributed by atoms with van der Waals surface area (Å²) in [5.41, 5.74) is -0.780. The lowest BCUT2D eigenvalue weighted by molar-refractivity contribution is 0.496. The number of aryl methyl sites for hydroxylation is 1. The molecule has 3 aromatic rings. The van der Waals surface area contributed by atoms with Gasteiger partial charge in [-0.05, 0) is 13.0 Å². The van der Waals surface area contributed by atoms with Crippen LogP contribution in [-0.4, -0.2) is 19.5 Å². The minimum atomic E-state index is -1.31. The van der Waals surface area contributed by atoms with Gasteiger partial charge in [0, 0.05) is 18.7 Å². The Hall–Kier alpha value is -2.77. The highest BCUT2D eigenvalue weighted by Gasteiger charge is 2.18. The van der Waals surface area contributed by atoms with Crippen molar-refractivity contribution in [1.82, 2.24) is 19.5 Å². The predicted molar refractivity (Wildman–Crippen MR) is 72.6 cm³/mol. The van der Waals surface area contributed by atoms with Gasteiger partial charge in [0.1, 0.15) is 29.2 Å². The molecule has 0 fully saturated rings. The van der Waals surface area contributed by atoms with Crippen molar-refractivity contribution in [2.45, 2.75) is 6.92 Å². The van der Waals surface area contributed by atoms with Gasteiger partial charge in [0.15, 0.2) is 17.2 Å². The summed E-state index contributed by atoms with van der Waals surface area (Å²) in [7, 11) is 1.52. The lowest BCUT2D eigenvalue weighted by atomic mass is 10.1. The number of hydrogen-bond acceptors (Lipinski definition) is 4. The number of hydrogen-bond donors (Lipinski definition) is 0. The molecule has 0 bridgehead atoms. The first-order chi connectivity index (χ1) is 10.4. The van der Waals surface area contributed by atoms with Crippen LogP contribution in [0.4, 0.5) is 13.2 Å². The minimum Gasteiger partial charge on any atom is -0.298 e. The van der Waals surface area contributed by atoms with E-state index in [1.807, 2.05) is 0 Å². The summed E-state index contributed by atoms with van der Waals surface area (Å²) in [6.45, 7) is 1.58. The number of benzene rings is 1. The third-order valence-corrected chi connectivity index (χ3v) is 3.35. The van der Waals surface area contributed by atoms with Gasteiger partial charge in [-0.3, -0.25) is 9.36 Å². The average Bonchev–Trinajstić information content (AvgIpc) is 2.48. The number of aromatic nitrogens is 4. The molecule has 3 rings (SSSR count). The highest BCUT2D eigenvalue weighted by Crippen LogP contribution is 2.27. The van der Waals surface area contributed by atoms with Gasteiger partial charge in [-0.15, -0.1) is 0 Å². The van der Waals surface area contributed by atoms with Crippen molar-refractivity contribution >= 4 is 11.0 Å². The van der Waals surface area contributed by atoms with Crippen molar-refractivity contribution in [2.75, 3.05) is 0 Å². The van der Waals surface area contributed by atoms with E-state index in [0.717, 1.165) is 6.33 Å². The predicted octanol–water partition coefficient (Wildman–Crippen LogP) is 2.12. The smallest absolute Gasteiger partial charge is 0.279 e. The molecule has 0 aliphatic heterocycles. The second-order valence-electron chi connectivity index (χ2n) is 4.69. The van der Waals surface area contributed by atoms with Gasteiger partial charge in [0.2, 0.25) is 0 Å². The molecule has 0 aliphatic carbocycles. The molecule has 2 aromatic heterocycles. The highest BCUT2D eigenvalue weighted by atomic mass is 19.2. The molecule has 0 radical (unpaired) electrons. The molecule has 0 spiro atoms. The Balaban J connectivity index is 2.43. The fourth-order valence-corrected chi connectivity index (χ4v) is 2.08. The van der Waals surface area contributed by atoms with Crippen molar-refractivity contribution in [1.29, 1.82) is 0 Å². The first-order valence-corrected chi connectivity index (χ1v) is 6.23. The van der Waals surface area contributed by atoms with Gasteiger partial charge in [-0.2, -0.15) is 0 Å². The second kappa shape index (κ2) is 4.90. The lowest BCUT2D eigenvalue weighted by Gasteiger charge is -2.09. The van der Waals surface area contributed by atoms with E-state index in [1.54, 1.807) is 6.92 Å². The van der Waals surface area contributed by atoms with Crippen LogP contribution in [0.25, 0.3) is 22.3 Å². The summed E-state index contributed by atoms with van der Waals surface area (Å²) < 4.78 is 41.7. The van der Waals surface area contributed by atoms with E-state index in [0.29, 0.717) is 18.0 Å². The standard InChI is InChI=1S/C14H9F3N4O/c1-6-20-12-11(7-3-9(16)10(17)4-8(7)15)18-5-19-13(12)14(22)21(6)2/h3-5H,1-2H3. The zero-order chi connectivity index (χ0) is 16.0. The normalized spacial score (nSPS) is 11.1. The van der Waals surface area contributed by atoms with E-state index >= 15 is 0 Å². The average molecular weight is 306 g/mol. The third kappa shape index (κ3) is 2.03. The molecular weight excluding hydrogens is 297 g/mol. The van der Waals surface area contributed by atoms with Crippen LogP contribution in [-0.2, 0) is 7.05 Å². The van der Waals surface area contributed by atoms with E-state index in [-0.39, 0.29) is 22.3 Å². The monoisotopic (exact) mass is 306 g/mol. The molecule has 0 unspecified atom stereocenters. The Morgan fingerprint density at radius 3 is 2.41 bits per heavy atom. The molecule has 22 heavy (non-hydrogen) atoms. The summed E-state index contributed by atoms with van der Waals surface area (Å²) in [5.74, 6) is -3.17. The van der Waals surface area contributed by atoms with Crippen LogP contribution in [0.2, 0.25) is 0 Å². The maximum absolute atomic E-state index is 13.9. The van der Waals surface area contributed by atoms with Gasteiger partial charge in [-0.25, -0.2) is 28.1 Å². The largest absolute Gasteiger partial charge is 0.298 e. The molecule has 5 nitrogen and oxygen atoms in total. The molecule has 0 saturated carbocycles. The van der Waals surface area contributed by atoms with Crippen LogP contribution in [0.15, 0.2) is 23.3 Å². The summed E-state index contributed by atoms with van der Waals surface area (Å²) in [6, 6.07) is 1.10. The van der Waals surface area contributed by atoms with Crippen molar-refractivity contribution in [3.8, 4) is 11.3 Å². The van der Waals surface area contributed by atoms with Gasteiger partial charge in [0.25, 0.3) is 5.56 Å². The van der Waals surface area contributed by atoms with Crippen LogP contribution in [0.1, 0.15) is 5.82 Å². The lowest BCUT2D eigenvalue weighted by Crippen LogP contribution is -2.22. The molecule has 0 aliphatic rings. The van der Waals surface area contributed by atoms with Crippen LogP contribution in [0.5, 0.6) is 0 Å². The van der Waals surface area contributed by atoms with Gasteiger partial charge < -0.3 is 0 Å². The quantitative estimate of drug-likeness (QED) is 0.646. The second-order valence-corrected chi connectivity index (χ2v) is 4.69. The molecule has 112 valence electrons. The Morgan fingerprint density at radius 1 is 1.00 bits per heavy atom. The van der Waals surface area contributed by atoms with Gasteiger partial charge >= 0.3 is 0 Å². The first kappa shape index (κ1) is 14.2. The van der Waals surface area contributed by atoms with Gasteiger partial charge in [-0.1, -0.05) is 0 Å². The zero-order valence-electron chi connectivity index (χ0n) is 11.6. The fourth-order valence-electron chi connectivity index (χ4n) is 2.08. The Kier molecular flexibility index (Phi) is 3.16. The number of nitrogens with zero attached hydrogens (tertiary/aromatic N) is 4. The molecule has 2 heterocycles. The highest BCUT2D eigenvalue weighted by molar-refractivity contribution is 5.88. The molecular formula is C14H9F3N4O. The van der Waals surface area contributed by atoms with Crippen molar-refractivity contribution in [3.05, 3.63) is 52.1 Å². The number of rotatable bonds is 1. The molecule has 0 N–H and O–H groups in total. The van der Waals surface area contributed by atoms with Gasteiger partial charge in [0.05, 0.1) is 0 Å². The summed E-state index contributed by atoms with van der Waals surface area (Å²) in [6.07, 6.45) is 1.05. The van der Waals surface area contributed by atoms with Crippen molar-refractivity contribution in [3.63, 3.8) is 0 Å². The molecule has 0 saturated heterocycles. The van der Waals surface area contributed by atoms with E-state index in [4.69, 9.17) is 0 Å². The molecule has 8 heteroatoms. The third-order valence-electron chi connectivity index (χ3n) is 3.35. The number of halogens is 3. The van der Waals surface area contributed by atoms with E-state index in [1.165, 1.54) is 11.6 Å². The first-order valence-electron chi connectivity index (χ1n) is 6.23. The Morgan fingerprint density at radius 2 is 1.68 bits per heavy atom. The van der Waals surface area contributed by atoms with Crippen LogP contribution in [0, 0.1) is 24.4 Å². The summed E-state index contributed by atoms with van der Waals surface area (Å²) >= 11 is 0. The maximum Gasteiger partial charge on any atom is 0.279 e. The van der Waals surface area contributed by atoms with Crippen LogP contribution < -0.4 is 5.56 Å². The minimum absolute atomic E-state index is 0.0257. The van der Waals surface area contributed by atoms with Crippen molar-refractivity contribution < 1.29 is 13.2 Å². The summed E-state index contributed by atoms with van der Waals surface area (Å²) in [4.78, 5) is 24.0. The molecule has 0 amide bonds. The Bertz CT molecular complexity index is 968. The Labute approximate surface area is 122 Å². The van der Waals surface area contributed by atoms with Crippen LogP contribution >= 0.6 is 0 Å². The number of fused-ring (bicyclic) bond motifs is 1. The van der Waals surface area contributed by atoms with Crippen molar-refractivity contribution in [2.24, 2.45) is 7.05 Å². The maximum atomic E-state index is 13.9. The fraction of sp³-hybridized carbons (Fsp3) is 0.143. The van der Waals surface area contributed by atoms with E-state index < -0.39 is 23.0 Å². The zero-order valence-corrected chi connectivity index (χ0v) is 11.6.